The van der Waals surface area contributed by atoms with Crippen LogP contribution in [0.25, 0.3) is 11.1 Å². The predicted octanol–water partition coefficient (Wildman–Crippen LogP) is 3.33. The summed E-state index contributed by atoms with van der Waals surface area (Å²) in [6.45, 7) is 4.49. The summed E-state index contributed by atoms with van der Waals surface area (Å²) in [5, 5.41) is 11.4. The molecule has 35 heavy (non-hydrogen) atoms. The molecule has 0 aromatic carbocycles. The van der Waals surface area contributed by atoms with Crippen molar-refractivity contribution < 1.29 is 4.79 Å². The van der Waals surface area contributed by atoms with Gasteiger partial charge in [-0.05, 0) is 61.3 Å². The van der Waals surface area contributed by atoms with Crippen molar-refractivity contribution >= 4 is 34.5 Å². The van der Waals surface area contributed by atoms with Gasteiger partial charge in [-0.1, -0.05) is 6.08 Å². The van der Waals surface area contributed by atoms with Gasteiger partial charge in [-0.15, -0.1) is 5.10 Å². The molecule has 3 aromatic rings. The molecule has 3 aromatic heterocycles. The Balaban J connectivity index is 1.23. The minimum absolute atomic E-state index is 0.0257. The molecule has 0 atom stereocenters. The van der Waals surface area contributed by atoms with Gasteiger partial charge in [0.2, 0.25) is 5.95 Å². The first kappa shape index (κ1) is 22.0. The maximum atomic E-state index is 12.9. The lowest BCUT2D eigenvalue weighted by Gasteiger charge is -2.48. The number of hydrogen-bond acceptors (Lipinski definition) is 7. The Bertz CT molecular complexity index is 1280. The van der Waals surface area contributed by atoms with Crippen LogP contribution in [0.4, 0.5) is 17.5 Å². The largest absolute Gasteiger partial charge is 0.370 e. The van der Waals surface area contributed by atoms with E-state index in [0.717, 1.165) is 62.3 Å². The monoisotopic (exact) mass is 472 g/mol. The van der Waals surface area contributed by atoms with Crippen LogP contribution in [0.1, 0.15) is 48.2 Å². The second-order valence-corrected chi connectivity index (χ2v) is 10.3. The van der Waals surface area contributed by atoms with Gasteiger partial charge in [0.05, 0.1) is 34.9 Å². The van der Waals surface area contributed by atoms with Crippen LogP contribution in [-0.2, 0) is 0 Å². The van der Waals surface area contributed by atoms with Crippen molar-refractivity contribution in [1.82, 2.24) is 29.8 Å². The first-order chi connectivity index (χ1) is 17.0. The minimum Gasteiger partial charge on any atom is -0.370 e. The van der Waals surface area contributed by atoms with Crippen LogP contribution in [0.15, 0.2) is 36.7 Å². The van der Waals surface area contributed by atoms with E-state index >= 15 is 0 Å². The number of nitrogens with zero attached hydrogens (tertiary/aromatic N) is 6. The number of carbonyl (C=O) groups is 1. The molecule has 0 bridgehead atoms. The van der Waals surface area contributed by atoms with Crippen LogP contribution < -0.4 is 15.5 Å². The summed E-state index contributed by atoms with van der Waals surface area (Å²) in [7, 11) is 3.55. The van der Waals surface area contributed by atoms with Crippen LogP contribution in [0.3, 0.4) is 0 Å². The number of nitrogens with one attached hydrogen (secondary N) is 2. The molecule has 1 aliphatic carbocycles. The number of fused-ring (bicyclic) bond motifs is 1. The molecule has 2 aliphatic heterocycles. The molecule has 9 nitrogen and oxygen atoms in total. The maximum absolute atomic E-state index is 12.9. The van der Waals surface area contributed by atoms with Crippen LogP contribution >= 0.6 is 0 Å². The molecule has 1 spiro atoms. The molecule has 5 heterocycles. The number of pyridine rings is 1. The number of rotatable bonds is 5. The molecule has 9 heteroatoms. The van der Waals surface area contributed by atoms with Crippen molar-refractivity contribution in [1.29, 1.82) is 0 Å². The van der Waals surface area contributed by atoms with Gasteiger partial charge in [0.15, 0.2) is 0 Å². The van der Waals surface area contributed by atoms with Gasteiger partial charge >= 0.3 is 0 Å². The number of piperidine rings is 1. The third-order valence-electron chi connectivity index (χ3n) is 7.68. The van der Waals surface area contributed by atoms with E-state index in [1.807, 2.05) is 22.8 Å². The third kappa shape index (κ3) is 4.03. The summed E-state index contributed by atoms with van der Waals surface area (Å²) >= 11 is 0. The zero-order chi connectivity index (χ0) is 24.0. The average Bonchev–Trinajstić information content (AvgIpc) is 3.50. The quantitative estimate of drug-likeness (QED) is 0.589. The van der Waals surface area contributed by atoms with Crippen LogP contribution in [0, 0.1) is 5.41 Å². The first-order valence-electron chi connectivity index (χ1n) is 12.5. The predicted molar refractivity (Wildman–Crippen MR) is 137 cm³/mol. The van der Waals surface area contributed by atoms with Gasteiger partial charge in [0, 0.05) is 40.3 Å². The van der Waals surface area contributed by atoms with Crippen LogP contribution in [0.5, 0.6) is 0 Å². The summed E-state index contributed by atoms with van der Waals surface area (Å²) < 4.78 is 1.84. The fourth-order valence-electron chi connectivity index (χ4n) is 5.46. The topological polar surface area (TPSA) is 90.7 Å². The lowest BCUT2D eigenvalue weighted by molar-refractivity contribution is 0.0827. The number of anilines is 3. The Morgan fingerprint density at radius 3 is 2.60 bits per heavy atom. The van der Waals surface area contributed by atoms with E-state index < -0.39 is 0 Å². The number of amides is 1. The van der Waals surface area contributed by atoms with E-state index in [1.165, 1.54) is 18.4 Å². The second kappa shape index (κ2) is 8.64. The Morgan fingerprint density at radius 2 is 1.97 bits per heavy atom. The Morgan fingerprint density at radius 1 is 1.14 bits per heavy atom. The zero-order valence-electron chi connectivity index (χ0n) is 20.4. The van der Waals surface area contributed by atoms with Crippen LogP contribution in [0.2, 0.25) is 0 Å². The number of carbonyl (C=O) groups excluding carboxylic acids is 1. The van der Waals surface area contributed by atoms with Crippen molar-refractivity contribution in [2.24, 2.45) is 5.41 Å². The fraction of sp³-hybridized carbons (Fsp3) is 0.462. The van der Waals surface area contributed by atoms with E-state index in [1.54, 1.807) is 25.2 Å². The first-order valence-corrected chi connectivity index (χ1v) is 12.5. The van der Waals surface area contributed by atoms with Gasteiger partial charge in [0.1, 0.15) is 5.82 Å². The SMILES string of the molecule is CN(C)C(=O)c1cc2cnc(Nc3ccc(N4CCC5(CC4)CNC5)cn3)nn2c1C1=CCCC1. The van der Waals surface area contributed by atoms with Crippen molar-refractivity contribution in [3.8, 4) is 0 Å². The molecule has 1 amide bonds. The summed E-state index contributed by atoms with van der Waals surface area (Å²) in [4.78, 5) is 26.0. The lowest BCUT2D eigenvalue weighted by atomic mass is 9.73. The fourth-order valence-corrected chi connectivity index (χ4v) is 5.46. The molecule has 0 unspecified atom stereocenters. The zero-order valence-corrected chi connectivity index (χ0v) is 20.4. The highest BCUT2D eigenvalue weighted by Gasteiger charge is 2.39. The highest BCUT2D eigenvalue weighted by molar-refractivity contribution is 6.00. The van der Waals surface area contributed by atoms with E-state index in [0.29, 0.717) is 22.7 Å². The average molecular weight is 473 g/mol. The highest BCUT2D eigenvalue weighted by Crippen LogP contribution is 2.36. The van der Waals surface area contributed by atoms with Crippen molar-refractivity contribution in [2.75, 3.05) is 50.5 Å². The smallest absolute Gasteiger partial charge is 0.255 e. The second-order valence-electron chi connectivity index (χ2n) is 10.3. The maximum Gasteiger partial charge on any atom is 0.255 e. The summed E-state index contributed by atoms with van der Waals surface area (Å²) in [6, 6.07) is 5.98. The molecule has 0 saturated carbocycles. The van der Waals surface area contributed by atoms with E-state index in [2.05, 4.69) is 37.6 Å². The Kier molecular flexibility index (Phi) is 5.44. The lowest BCUT2D eigenvalue weighted by Crippen LogP contribution is -2.58. The molecular weight excluding hydrogens is 440 g/mol. The molecule has 0 radical (unpaired) electrons. The van der Waals surface area contributed by atoms with Gasteiger partial charge < -0.3 is 20.4 Å². The molecule has 182 valence electrons. The van der Waals surface area contributed by atoms with Crippen molar-refractivity contribution in [2.45, 2.75) is 32.1 Å². The standard InChI is InChI=1S/C26H32N8O/c1-32(2)24(35)21-13-20-15-29-25(31-34(20)23(21)18-5-3-4-6-18)30-22-8-7-19(14-28-22)33-11-9-26(10-12-33)16-27-17-26/h5,7-8,13-15,27H,3-4,6,9-12,16-17H2,1-2H3,(H,28,30,31). The van der Waals surface area contributed by atoms with Gasteiger partial charge in [-0.3, -0.25) is 4.79 Å². The number of aromatic nitrogens is 4. The summed E-state index contributed by atoms with van der Waals surface area (Å²) in [5.41, 5.74) is 5.19. The summed E-state index contributed by atoms with van der Waals surface area (Å²) in [6.07, 6.45) is 11.4. The van der Waals surface area contributed by atoms with E-state index in [9.17, 15) is 4.79 Å². The molecule has 6 rings (SSSR count). The number of allylic oxidation sites excluding steroid dienone is 2. The van der Waals surface area contributed by atoms with Crippen LogP contribution in [-0.4, -0.2) is 70.7 Å². The van der Waals surface area contributed by atoms with E-state index in [-0.39, 0.29) is 5.91 Å². The molecule has 3 aliphatic rings. The molecular formula is C26H32N8O. The Labute approximate surface area is 205 Å². The van der Waals surface area contributed by atoms with E-state index in [4.69, 9.17) is 5.10 Å². The molecule has 2 saturated heterocycles. The number of hydrogen-bond donors (Lipinski definition) is 2. The highest BCUT2D eigenvalue weighted by atomic mass is 16.2. The Hall–Kier alpha value is -3.46. The molecule has 2 N–H and O–H groups in total. The van der Waals surface area contributed by atoms with Gasteiger partial charge in [-0.25, -0.2) is 14.5 Å². The van der Waals surface area contributed by atoms with Gasteiger partial charge in [-0.2, -0.15) is 0 Å². The van der Waals surface area contributed by atoms with Gasteiger partial charge in [0.25, 0.3) is 5.91 Å². The van der Waals surface area contributed by atoms with Crippen molar-refractivity contribution in [3.63, 3.8) is 0 Å². The van der Waals surface area contributed by atoms with Crippen molar-refractivity contribution in [3.05, 3.63) is 47.9 Å². The normalized spacial score (nSPS) is 19.0. The summed E-state index contributed by atoms with van der Waals surface area (Å²) in [5.74, 6) is 1.12. The minimum atomic E-state index is -0.0257. The third-order valence-corrected chi connectivity index (χ3v) is 7.68. The molecule has 2 fully saturated rings.